The van der Waals surface area contributed by atoms with Gasteiger partial charge in [0.2, 0.25) is 15.9 Å². The molecule has 2 amide bonds. The van der Waals surface area contributed by atoms with Crippen molar-refractivity contribution in [1.29, 1.82) is 0 Å². The van der Waals surface area contributed by atoms with E-state index < -0.39 is 10.0 Å². The van der Waals surface area contributed by atoms with E-state index in [9.17, 15) is 18.0 Å². The van der Waals surface area contributed by atoms with Crippen LogP contribution in [0.15, 0.2) is 29.2 Å². The monoisotopic (exact) mass is 423 g/mol. The van der Waals surface area contributed by atoms with E-state index >= 15 is 0 Å². The predicted molar refractivity (Wildman–Crippen MR) is 108 cm³/mol. The molecule has 0 aromatic heterocycles. The van der Waals surface area contributed by atoms with Crippen LogP contribution in [0.2, 0.25) is 0 Å². The quantitative estimate of drug-likeness (QED) is 0.684. The van der Waals surface area contributed by atoms with Crippen molar-refractivity contribution in [3.63, 3.8) is 0 Å². The normalized spacial score (nSPS) is 20.6. The number of ether oxygens (including phenoxy) is 1. The molecular weight excluding hydrogens is 394 g/mol. The summed E-state index contributed by atoms with van der Waals surface area (Å²) < 4.78 is 32.9. The van der Waals surface area contributed by atoms with E-state index in [1.165, 1.54) is 19.1 Å². The molecule has 1 atom stereocenters. The molecule has 29 heavy (non-hydrogen) atoms. The van der Waals surface area contributed by atoms with Crippen LogP contribution in [0.3, 0.4) is 0 Å². The lowest BCUT2D eigenvalue weighted by Gasteiger charge is -2.32. The Morgan fingerprint density at radius 1 is 1.10 bits per heavy atom. The van der Waals surface area contributed by atoms with Crippen molar-refractivity contribution < 1.29 is 22.7 Å². The molecule has 9 heteroatoms. The lowest BCUT2D eigenvalue weighted by Crippen LogP contribution is -2.41. The molecule has 0 saturated carbocycles. The fourth-order valence-electron chi connectivity index (χ4n) is 3.68. The Morgan fingerprint density at radius 3 is 2.38 bits per heavy atom. The van der Waals surface area contributed by atoms with Gasteiger partial charge in [-0.3, -0.25) is 9.59 Å². The highest BCUT2D eigenvalue weighted by molar-refractivity contribution is 7.89. The second kappa shape index (κ2) is 9.69. The summed E-state index contributed by atoms with van der Waals surface area (Å²) in [4.78, 5) is 25.6. The zero-order chi connectivity index (χ0) is 20.9. The zero-order valence-electron chi connectivity index (χ0n) is 16.7. The average molecular weight is 424 g/mol. The van der Waals surface area contributed by atoms with Gasteiger partial charge in [0.05, 0.1) is 11.0 Å². The highest BCUT2D eigenvalue weighted by Crippen LogP contribution is 2.20. The minimum Gasteiger partial charge on any atom is -0.377 e. The third-order valence-electron chi connectivity index (χ3n) is 5.48. The molecule has 0 aliphatic carbocycles. The molecule has 1 unspecified atom stereocenters. The molecule has 2 heterocycles. The number of nitrogens with one attached hydrogen (secondary N) is 2. The van der Waals surface area contributed by atoms with Crippen molar-refractivity contribution >= 4 is 21.8 Å². The molecule has 2 fully saturated rings. The van der Waals surface area contributed by atoms with Gasteiger partial charge in [-0.05, 0) is 55.9 Å². The fraction of sp³-hybridized carbons (Fsp3) is 0.600. The van der Waals surface area contributed by atoms with Gasteiger partial charge in [-0.2, -0.15) is 0 Å². The van der Waals surface area contributed by atoms with E-state index in [1.807, 2.05) is 0 Å². The minimum absolute atomic E-state index is 0.0381. The molecular formula is C20H29N3O5S. The van der Waals surface area contributed by atoms with Gasteiger partial charge in [0, 0.05) is 45.3 Å². The molecule has 2 aliphatic heterocycles. The Bertz CT molecular complexity index is 811. The van der Waals surface area contributed by atoms with Crippen molar-refractivity contribution in [2.45, 2.75) is 43.6 Å². The van der Waals surface area contributed by atoms with Crippen molar-refractivity contribution in [1.82, 2.24) is 14.9 Å². The molecule has 160 valence electrons. The Labute approximate surface area is 172 Å². The first kappa shape index (κ1) is 21.7. The van der Waals surface area contributed by atoms with Gasteiger partial charge in [0.25, 0.3) is 5.91 Å². The van der Waals surface area contributed by atoms with E-state index in [2.05, 4.69) is 10.0 Å². The van der Waals surface area contributed by atoms with Crippen LogP contribution < -0.4 is 10.0 Å². The Balaban J connectivity index is 1.52. The zero-order valence-corrected chi connectivity index (χ0v) is 17.5. The summed E-state index contributed by atoms with van der Waals surface area (Å²) >= 11 is 0. The van der Waals surface area contributed by atoms with Crippen LogP contribution in [0.4, 0.5) is 0 Å². The molecule has 0 radical (unpaired) electrons. The number of carbonyl (C=O) groups is 2. The molecule has 2 saturated heterocycles. The Hall–Kier alpha value is -1.97. The number of sulfonamides is 1. The van der Waals surface area contributed by atoms with Gasteiger partial charge in [-0.1, -0.05) is 0 Å². The van der Waals surface area contributed by atoms with Crippen molar-refractivity contribution in [3.8, 4) is 0 Å². The Kier molecular flexibility index (Phi) is 7.26. The van der Waals surface area contributed by atoms with Crippen LogP contribution in [0.5, 0.6) is 0 Å². The van der Waals surface area contributed by atoms with Crippen LogP contribution in [-0.4, -0.2) is 64.0 Å². The van der Waals surface area contributed by atoms with Crippen molar-refractivity contribution in [3.05, 3.63) is 29.8 Å². The van der Waals surface area contributed by atoms with E-state index in [-0.39, 0.29) is 29.4 Å². The standard InChI is InChI=1S/C20H29N3O5S/c1-15(24)21-13-16-8-10-23(11-9-16)20(25)17-4-6-19(7-5-17)29(26,27)22-14-18-3-2-12-28-18/h4-7,16,18,22H,2-3,8-14H2,1H3,(H,21,24). The fourth-order valence-corrected chi connectivity index (χ4v) is 4.75. The van der Waals surface area contributed by atoms with Crippen LogP contribution in [0, 0.1) is 5.92 Å². The summed E-state index contributed by atoms with van der Waals surface area (Å²) in [5, 5.41) is 2.83. The molecule has 1 aromatic carbocycles. The smallest absolute Gasteiger partial charge is 0.253 e. The van der Waals surface area contributed by atoms with Crippen molar-refractivity contribution in [2.75, 3.05) is 32.8 Å². The number of benzene rings is 1. The molecule has 1 aromatic rings. The lowest BCUT2D eigenvalue weighted by molar-refractivity contribution is -0.119. The average Bonchev–Trinajstić information content (AvgIpc) is 3.24. The SMILES string of the molecule is CC(=O)NCC1CCN(C(=O)c2ccc(S(=O)(=O)NCC3CCCO3)cc2)CC1. The number of hydrogen-bond donors (Lipinski definition) is 2. The van der Waals surface area contributed by atoms with Gasteiger partial charge >= 0.3 is 0 Å². The highest BCUT2D eigenvalue weighted by atomic mass is 32.2. The maximum Gasteiger partial charge on any atom is 0.253 e. The number of carbonyl (C=O) groups excluding carboxylic acids is 2. The minimum atomic E-state index is -3.63. The molecule has 0 bridgehead atoms. The summed E-state index contributed by atoms with van der Waals surface area (Å²) in [5.74, 6) is 0.244. The molecule has 8 nitrogen and oxygen atoms in total. The van der Waals surface area contributed by atoms with Crippen molar-refractivity contribution in [2.24, 2.45) is 5.92 Å². The second-order valence-corrected chi connectivity index (χ2v) is 9.45. The summed E-state index contributed by atoms with van der Waals surface area (Å²) in [7, 11) is -3.63. The first-order chi connectivity index (χ1) is 13.8. The summed E-state index contributed by atoms with van der Waals surface area (Å²) in [6.07, 6.45) is 3.42. The maximum atomic E-state index is 12.7. The first-order valence-corrected chi connectivity index (χ1v) is 11.6. The number of nitrogens with zero attached hydrogens (tertiary/aromatic N) is 1. The van der Waals surface area contributed by atoms with Crippen LogP contribution in [0.1, 0.15) is 43.0 Å². The molecule has 3 rings (SSSR count). The van der Waals surface area contributed by atoms with Crippen LogP contribution >= 0.6 is 0 Å². The van der Waals surface area contributed by atoms with E-state index in [0.29, 0.717) is 37.7 Å². The Morgan fingerprint density at radius 2 is 1.79 bits per heavy atom. The summed E-state index contributed by atoms with van der Waals surface area (Å²) in [6, 6.07) is 6.06. The summed E-state index contributed by atoms with van der Waals surface area (Å²) in [6.45, 7) is 4.34. The first-order valence-electron chi connectivity index (χ1n) is 10.1. The highest BCUT2D eigenvalue weighted by Gasteiger charge is 2.25. The molecule has 2 aliphatic rings. The van der Waals surface area contributed by atoms with Gasteiger partial charge in [0.15, 0.2) is 0 Å². The van der Waals surface area contributed by atoms with Gasteiger partial charge in [-0.15, -0.1) is 0 Å². The van der Waals surface area contributed by atoms with E-state index in [4.69, 9.17) is 4.74 Å². The van der Waals surface area contributed by atoms with Gasteiger partial charge in [0.1, 0.15) is 0 Å². The van der Waals surface area contributed by atoms with Gasteiger partial charge in [-0.25, -0.2) is 13.1 Å². The third kappa shape index (κ3) is 6.01. The second-order valence-electron chi connectivity index (χ2n) is 7.68. The van der Waals surface area contributed by atoms with E-state index in [0.717, 1.165) is 25.7 Å². The third-order valence-corrected chi connectivity index (χ3v) is 6.92. The van der Waals surface area contributed by atoms with Crippen LogP contribution in [0.25, 0.3) is 0 Å². The maximum absolute atomic E-state index is 12.7. The summed E-state index contributed by atoms with van der Waals surface area (Å²) in [5.41, 5.74) is 0.475. The number of likely N-dealkylation sites (tertiary alicyclic amines) is 1. The predicted octanol–water partition coefficient (Wildman–Crippen LogP) is 1.13. The number of rotatable bonds is 7. The van der Waals surface area contributed by atoms with Crippen LogP contribution in [-0.2, 0) is 19.6 Å². The van der Waals surface area contributed by atoms with E-state index in [1.54, 1.807) is 17.0 Å². The molecule has 0 spiro atoms. The number of amides is 2. The van der Waals surface area contributed by atoms with Gasteiger partial charge < -0.3 is 15.0 Å². The largest absolute Gasteiger partial charge is 0.377 e. The lowest BCUT2D eigenvalue weighted by atomic mass is 9.96. The number of piperidine rings is 1. The topological polar surface area (TPSA) is 105 Å². The molecule has 2 N–H and O–H groups in total. The number of hydrogen-bond acceptors (Lipinski definition) is 5.